The van der Waals surface area contributed by atoms with Crippen LogP contribution >= 0.6 is 0 Å². The molecule has 5 nitrogen and oxygen atoms in total. The molecule has 0 aromatic heterocycles. The lowest BCUT2D eigenvalue weighted by Gasteiger charge is -2.27. The quantitative estimate of drug-likeness (QED) is 0.171. The number of esters is 1. The van der Waals surface area contributed by atoms with E-state index in [0.29, 0.717) is 13.0 Å². The maximum atomic E-state index is 11.8. The number of rotatable bonds is 20. The van der Waals surface area contributed by atoms with Crippen molar-refractivity contribution in [3.8, 4) is 0 Å². The number of carbonyl (C=O) groups is 2. The second kappa shape index (κ2) is 18.7. The summed E-state index contributed by atoms with van der Waals surface area (Å²) in [6.45, 7) is 4.20. The molecule has 0 aliphatic rings. The molecule has 0 fully saturated rings. The molecule has 2 atom stereocenters. The van der Waals surface area contributed by atoms with Gasteiger partial charge >= 0.3 is 11.9 Å². The normalized spacial score (nSPS) is 12.9. The van der Waals surface area contributed by atoms with Crippen LogP contribution in [-0.4, -0.2) is 29.3 Å². The summed E-state index contributed by atoms with van der Waals surface area (Å²) in [6, 6.07) is 10.1. The Balaban J connectivity index is 2.57. The van der Waals surface area contributed by atoms with Gasteiger partial charge in [-0.2, -0.15) is 0 Å². The summed E-state index contributed by atoms with van der Waals surface area (Å²) in [5.41, 5.74) is 1.11. The van der Waals surface area contributed by atoms with Gasteiger partial charge in [0, 0.05) is 13.3 Å². The van der Waals surface area contributed by atoms with E-state index in [1.165, 1.54) is 39.0 Å². The highest BCUT2D eigenvalue weighted by atomic mass is 16.6. The molecule has 2 unspecified atom stereocenters. The number of ether oxygens (including phenoxy) is 2. The van der Waals surface area contributed by atoms with E-state index in [0.717, 1.165) is 50.5 Å². The van der Waals surface area contributed by atoms with Gasteiger partial charge < -0.3 is 14.6 Å². The van der Waals surface area contributed by atoms with Crippen molar-refractivity contribution < 1.29 is 24.2 Å². The Morgan fingerprint density at radius 2 is 1.38 bits per heavy atom. The fourth-order valence-corrected chi connectivity index (χ4v) is 3.97. The molecule has 0 saturated carbocycles. The molecule has 0 aliphatic carbocycles. The molecule has 32 heavy (non-hydrogen) atoms. The standard InChI is InChI=1S/C27H44O5/c1-3-4-5-6-7-8-15-20-26(32-23(2)28)25(19-14-9-10-16-21-27(29)30)31-22-24-17-12-11-13-18-24/h11-13,17-18,25-26H,3-10,14-16,19-22H2,1-2H3,(H,29,30). The first-order valence-corrected chi connectivity index (χ1v) is 12.6. The molecule has 5 heteroatoms. The Morgan fingerprint density at radius 3 is 1.97 bits per heavy atom. The number of carboxylic acids is 1. The molecule has 0 amide bonds. The van der Waals surface area contributed by atoms with Gasteiger partial charge in [0.05, 0.1) is 12.7 Å². The third-order valence-corrected chi connectivity index (χ3v) is 5.76. The summed E-state index contributed by atoms with van der Waals surface area (Å²) >= 11 is 0. The van der Waals surface area contributed by atoms with Gasteiger partial charge in [-0.25, -0.2) is 0 Å². The van der Waals surface area contributed by atoms with Crippen molar-refractivity contribution in [2.24, 2.45) is 0 Å². The molecule has 182 valence electrons. The van der Waals surface area contributed by atoms with E-state index in [1.54, 1.807) is 0 Å². The number of aliphatic carboxylic acids is 1. The number of unbranched alkanes of at least 4 members (excludes halogenated alkanes) is 9. The van der Waals surface area contributed by atoms with Gasteiger partial charge in [0.15, 0.2) is 0 Å². The summed E-state index contributed by atoms with van der Waals surface area (Å²) in [7, 11) is 0. The van der Waals surface area contributed by atoms with E-state index >= 15 is 0 Å². The average molecular weight is 449 g/mol. The zero-order valence-corrected chi connectivity index (χ0v) is 20.2. The summed E-state index contributed by atoms with van der Waals surface area (Å²) in [6.07, 6.45) is 13.5. The van der Waals surface area contributed by atoms with Crippen molar-refractivity contribution in [2.75, 3.05) is 0 Å². The van der Waals surface area contributed by atoms with Gasteiger partial charge in [-0.15, -0.1) is 0 Å². The minimum absolute atomic E-state index is 0.140. The second-order valence-corrected chi connectivity index (χ2v) is 8.74. The molecule has 0 aliphatic heterocycles. The van der Waals surface area contributed by atoms with Crippen LogP contribution in [0.4, 0.5) is 0 Å². The number of carboxylic acid groups (broad SMARTS) is 1. The van der Waals surface area contributed by atoms with Crippen molar-refractivity contribution in [3.05, 3.63) is 35.9 Å². The summed E-state index contributed by atoms with van der Waals surface area (Å²) in [4.78, 5) is 22.5. The largest absolute Gasteiger partial charge is 0.481 e. The molecule has 0 heterocycles. The Morgan fingerprint density at radius 1 is 0.812 bits per heavy atom. The lowest BCUT2D eigenvalue weighted by atomic mass is 9.99. The molecular formula is C27H44O5. The van der Waals surface area contributed by atoms with Gasteiger partial charge in [0.2, 0.25) is 0 Å². The molecule has 1 rings (SSSR count). The van der Waals surface area contributed by atoms with Crippen LogP contribution in [0.15, 0.2) is 30.3 Å². The van der Waals surface area contributed by atoms with Gasteiger partial charge in [0.1, 0.15) is 6.10 Å². The van der Waals surface area contributed by atoms with Crippen LogP contribution in [0.1, 0.15) is 109 Å². The first kappa shape index (κ1) is 28.2. The molecule has 1 aromatic rings. The lowest BCUT2D eigenvalue weighted by Crippen LogP contribution is -2.33. The number of hydrogen-bond donors (Lipinski definition) is 1. The van der Waals surface area contributed by atoms with Crippen LogP contribution in [0, 0.1) is 0 Å². The highest BCUT2D eigenvalue weighted by Gasteiger charge is 2.24. The zero-order valence-electron chi connectivity index (χ0n) is 20.2. The fourth-order valence-electron chi connectivity index (χ4n) is 3.97. The number of benzene rings is 1. The van der Waals surface area contributed by atoms with E-state index in [4.69, 9.17) is 14.6 Å². The maximum absolute atomic E-state index is 11.8. The number of carbonyl (C=O) groups excluding carboxylic acids is 1. The highest BCUT2D eigenvalue weighted by Crippen LogP contribution is 2.21. The minimum Gasteiger partial charge on any atom is -0.481 e. The molecule has 1 aromatic carbocycles. The molecule has 1 N–H and O–H groups in total. The molecule has 0 saturated heterocycles. The highest BCUT2D eigenvalue weighted by molar-refractivity contribution is 5.66. The Labute approximate surface area is 194 Å². The van der Waals surface area contributed by atoms with Crippen LogP contribution < -0.4 is 0 Å². The Kier molecular flexibility index (Phi) is 16.4. The van der Waals surface area contributed by atoms with E-state index in [9.17, 15) is 9.59 Å². The Hall–Kier alpha value is -1.88. The second-order valence-electron chi connectivity index (χ2n) is 8.74. The number of hydrogen-bond acceptors (Lipinski definition) is 4. The first-order valence-electron chi connectivity index (χ1n) is 12.6. The molecule has 0 radical (unpaired) electrons. The van der Waals surface area contributed by atoms with Gasteiger partial charge in [-0.05, 0) is 31.2 Å². The molecule has 0 bridgehead atoms. The van der Waals surface area contributed by atoms with E-state index in [-0.39, 0.29) is 24.6 Å². The summed E-state index contributed by atoms with van der Waals surface area (Å²) in [5, 5.41) is 8.79. The zero-order chi connectivity index (χ0) is 23.4. The predicted molar refractivity (Wildman–Crippen MR) is 129 cm³/mol. The summed E-state index contributed by atoms with van der Waals surface area (Å²) < 4.78 is 12.0. The molecule has 0 spiro atoms. The first-order chi connectivity index (χ1) is 15.5. The lowest BCUT2D eigenvalue weighted by molar-refractivity contribution is -0.157. The van der Waals surface area contributed by atoms with E-state index < -0.39 is 5.97 Å². The van der Waals surface area contributed by atoms with Crippen molar-refractivity contribution in [1.29, 1.82) is 0 Å². The minimum atomic E-state index is -0.737. The third kappa shape index (κ3) is 15.0. The van der Waals surface area contributed by atoms with Gasteiger partial charge in [-0.1, -0.05) is 95.0 Å². The third-order valence-electron chi connectivity index (χ3n) is 5.76. The maximum Gasteiger partial charge on any atom is 0.303 e. The van der Waals surface area contributed by atoms with Crippen molar-refractivity contribution in [3.63, 3.8) is 0 Å². The predicted octanol–water partition coefficient (Wildman–Crippen LogP) is 7.07. The Bertz CT molecular complexity index is 601. The van der Waals surface area contributed by atoms with Crippen molar-refractivity contribution in [1.82, 2.24) is 0 Å². The average Bonchev–Trinajstić information content (AvgIpc) is 2.77. The van der Waals surface area contributed by atoms with Crippen molar-refractivity contribution in [2.45, 2.75) is 123 Å². The fraction of sp³-hybridized carbons (Fsp3) is 0.704. The monoisotopic (exact) mass is 448 g/mol. The summed E-state index contributed by atoms with van der Waals surface area (Å²) in [5.74, 6) is -0.994. The van der Waals surface area contributed by atoms with Crippen LogP contribution in [-0.2, 0) is 25.7 Å². The van der Waals surface area contributed by atoms with E-state index in [2.05, 4.69) is 6.92 Å². The van der Waals surface area contributed by atoms with Crippen molar-refractivity contribution >= 4 is 11.9 Å². The van der Waals surface area contributed by atoms with Crippen LogP contribution in [0.25, 0.3) is 0 Å². The van der Waals surface area contributed by atoms with E-state index in [1.807, 2.05) is 30.3 Å². The topological polar surface area (TPSA) is 72.8 Å². The van der Waals surface area contributed by atoms with Crippen LogP contribution in [0.3, 0.4) is 0 Å². The van der Waals surface area contributed by atoms with Gasteiger partial charge in [-0.3, -0.25) is 9.59 Å². The smallest absolute Gasteiger partial charge is 0.303 e. The van der Waals surface area contributed by atoms with Crippen LogP contribution in [0.5, 0.6) is 0 Å². The van der Waals surface area contributed by atoms with Crippen LogP contribution in [0.2, 0.25) is 0 Å². The molecular weight excluding hydrogens is 404 g/mol. The SMILES string of the molecule is CCCCCCCCCC(OC(C)=O)C(CCCCCCC(=O)O)OCc1ccccc1. The van der Waals surface area contributed by atoms with Gasteiger partial charge in [0.25, 0.3) is 0 Å².